The summed E-state index contributed by atoms with van der Waals surface area (Å²) in [5, 5.41) is 0. The van der Waals surface area contributed by atoms with Gasteiger partial charge in [0, 0.05) is 6.61 Å². The van der Waals surface area contributed by atoms with E-state index in [0.717, 1.165) is 12.5 Å². The minimum Gasteiger partial charge on any atom is -0.378 e. The van der Waals surface area contributed by atoms with Crippen LogP contribution in [0.3, 0.4) is 0 Å². The largest absolute Gasteiger partial charge is 0.378 e. The highest BCUT2D eigenvalue weighted by Gasteiger charge is 2.20. The van der Waals surface area contributed by atoms with Gasteiger partial charge >= 0.3 is 0 Å². The van der Waals surface area contributed by atoms with Crippen LogP contribution in [0, 0.1) is 5.92 Å². The summed E-state index contributed by atoms with van der Waals surface area (Å²) in [7, 11) is 0. The van der Waals surface area contributed by atoms with Crippen LogP contribution in [0.4, 0.5) is 0 Å². The number of ether oxygens (including phenoxy) is 1. The van der Waals surface area contributed by atoms with E-state index in [2.05, 4.69) is 13.8 Å². The molecule has 2 atom stereocenters. The third kappa shape index (κ3) is 2.30. The molecule has 1 fully saturated rings. The fraction of sp³-hybridized carbons (Fsp3) is 1.00. The van der Waals surface area contributed by atoms with E-state index in [1.807, 2.05) is 0 Å². The maximum Gasteiger partial charge on any atom is 0.0578 e. The average molecular weight is 142 g/mol. The number of unbranched alkanes of at least 4 members (excludes halogenated alkanes) is 1. The molecule has 0 N–H and O–H groups in total. The first-order valence-electron chi connectivity index (χ1n) is 4.44. The zero-order valence-corrected chi connectivity index (χ0v) is 7.10. The van der Waals surface area contributed by atoms with E-state index < -0.39 is 0 Å². The van der Waals surface area contributed by atoms with E-state index in [4.69, 9.17) is 4.74 Å². The topological polar surface area (TPSA) is 9.23 Å². The molecule has 0 bridgehead atoms. The third-order valence-corrected chi connectivity index (χ3v) is 2.16. The highest BCUT2D eigenvalue weighted by atomic mass is 16.5. The zero-order chi connectivity index (χ0) is 7.40. The van der Waals surface area contributed by atoms with E-state index in [1.165, 1.54) is 25.7 Å². The Morgan fingerprint density at radius 1 is 1.50 bits per heavy atom. The van der Waals surface area contributed by atoms with Crippen molar-refractivity contribution in [3.8, 4) is 0 Å². The first-order valence-corrected chi connectivity index (χ1v) is 4.44. The molecule has 1 nitrogen and oxygen atoms in total. The van der Waals surface area contributed by atoms with Crippen molar-refractivity contribution in [2.45, 2.75) is 45.6 Å². The van der Waals surface area contributed by atoms with E-state index >= 15 is 0 Å². The average Bonchev–Trinajstić information content (AvgIpc) is 2.31. The Hall–Kier alpha value is -0.0400. The van der Waals surface area contributed by atoms with Gasteiger partial charge in [0.1, 0.15) is 0 Å². The predicted octanol–water partition coefficient (Wildman–Crippen LogP) is 2.60. The standard InChI is InChI=1S/C9H18O/c1-3-4-5-9-6-8(2)7-10-9/h8-9H,3-7H2,1-2H3/t8-,9-/m0/s1. The van der Waals surface area contributed by atoms with Gasteiger partial charge in [-0.2, -0.15) is 0 Å². The Bertz CT molecular complexity index is 90.7. The second kappa shape index (κ2) is 3.97. The van der Waals surface area contributed by atoms with Crippen molar-refractivity contribution in [1.82, 2.24) is 0 Å². The second-order valence-electron chi connectivity index (χ2n) is 3.44. The summed E-state index contributed by atoms with van der Waals surface area (Å²) in [6.45, 7) is 5.50. The third-order valence-electron chi connectivity index (χ3n) is 2.16. The van der Waals surface area contributed by atoms with Crippen molar-refractivity contribution < 1.29 is 4.74 Å². The van der Waals surface area contributed by atoms with Gasteiger partial charge in [-0.15, -0.1) is 0 Å². The van der Waals surface area contributed by atoms with Gasteiger partial charge < -0.3 is 4.74 Å². The molecule has 1 saturated heterocycles. The van der Waals surface area contributed by atoms with Crippen LogP contribution >= 0.6 is 0 Å². The van der Waals surface area contributed by atoms with Crippen molar-refractivity contribution in [1.29, 1.82) is 0 Å². The molecule has 60 valence electrons. The van der Waals surface area contributed by atoms with E-state index in [0.29, 0.717) is 6.10 Å². The van der Waals surface area contributed by atoms with E-state index in [9.17, 15) is 0 Å². The van der Waals surface area contributed by atoms with Crippen LogP contribution in [0.15, 0.2) is 0 Å². The Morgan fingerprint density at radius 2 is 2.30 bits per heavy atom. The summed E-state index contributed by atoms with van der Waals surface area (Å²) < 4.78 is 5.57. The normalized spacial score (nSPS) is 33.0. The first-order chi connectivity index (χ1) is 4.83. The summed E-state index contributed by atoms with van der Waals surface area (Å²) >= 11 is 0. The SMILES string of the molecule is CCCC[C@H]1C[C@H](C)CO1. The van der Waals surface area contributed by atoms with Gasteiger partial charge in [0.05, 0.1) is 6.10 Å². The van der Waals surface area contributed by atoms with Crippen molar-refractivity contribution in [3.63, 3.8) is 0 Å². The summed E-state index contributed by atoms with van der Waals surface area (Å²) in [5.74, 6) is 0.807. The van der Waals surface area contributed by atoms with Crippen LogP contribution in [-0.4, -0.2) is 12.7 Å². The molecular weight excluding hydrogens is 124 g/mol. The van der Waals surface area contributed by atoms with Gasteiger partial charge in [-0.1, -0.05) is 26.7 Å². The van der Waals surface area contributed by atoms with Crippen molar-refractivity contribution in [3.05, 3.63) is 0 Å². The van der Waals surface area contributed by atoms with Crippen molar-refractivity contribution in [2.75, 3.05) is 6.61 Å². The maximum absolute atomic E-state index is 5.57. The quantitative estimate of drug-likeness (QED) is 0.588. The number of rotatable bonds is 3. The molecule has 1 aliphatic heterocycles. The fourth-order valence-electron chi connectivity index (χ4n) is 1.52. The van der Waals surface area contributed by atoms with Gasteiger partial charge in [0.2, 0.25) is 0 Å². The monoisotopic (exact) mass is 142 g/mol. The number of hydrogen-bond acceptors (Lipinski definition) is 1. The van der Waals surface area contributed by atoms with Gasteiger partial charge in [0.25, 0.3) is 0 Å². The minimum absolute atomic E-state index is 0.593. The summed E-state index contributed by atoms with van der Waals surface area (Å²) in [4.78, 5) is 0. The van der Waals surface area contributed by atoms with Gasteiger partial charge in [-0.05, 0) is 18.8 Å². The second-order valence-corrected chi connectivity index (χ2v) is 3.44. The molecule has 0 aromatic rings. The van der Waals surface area contributed by atoms with Crippen LogP contribution in [0.5, 0.6) is 0 Å². The smallest absolute Gasteiger partial charge is 0.0578 e. The van der Waals surface area contributed by atoms with Crippen LogP contribution < -0.4 is 0 Å². The van der Waals surface area contributed by atoms with Gasteiger partial charge in [-0.25, -0.2) is 0 Å². The summed E-state index contributed by atoms with van der Waals surface area (Å²) in [6.07, 6.45) is 5.79. The lowest BCUT2D eigenvalue weighted by molar-refractivity contribution is 0.0990. The van der Waals surface area contributed by atoms with E-state index in [1.54, 1.807) is 0 Å². The lowest BCUT2D eigenvalue weighted by atomic mass is 10.0. The molecule has 0 aromatic heterocycles. The molecule has 0 aliphatic carbocycles. The number of hydrogen-bond donors (Lipinski definition) is 0. The molecule has 1 heterocycles. The van der Waals surface area contributed by atoms with Crippen molar-refractivity contribution >= 4 is 0 Å². The van der Waals surface area contributed by atoms with Gasteiger partial charge in [0.15, 0.2) is 0 Å². The molecule has 1 heteroatoms. The lowest BCUT2D eigenvalue weighted by Gasteiger charge is -2.06. The van der Waals surface area contributed by atoms with Crippen LogP contribution in [0.2, 0.25) is 0 Å². The molecule has 0 radical (unpaired) electrons. The zero-order valence-electron chi connectivity index (χ0n) is 7.10. The van der Waals surface area contributed by atoms with E-state index in [-0.39, 0.29) is 0 Å². The molecule has 0 unspecified atom stereocenters. The molecule has 10 heavy (non-hydrogen) atoms. The Balaban J connectivity index is 2.06. The maximum atomic E-state index is 5.57. The molecule has 0 aromatic carbocycles. The van der Waals surface area contributed by atoms with Crippen molar-refractivity contribution in [2.24, 2.45) is 5.92 Å². The lowest BCUT2D eigenvalue weighted by Crippen LogP contribution is -2.03. The summed E-state index contributed by atoms with van der Waals surface area (Å²) in [6, 6.07) is 0. The molecule has 1 aliphatic rings. The molecule has 0 saturated carbocycles. The first kappa shape index (κ1) is 8.06. The van der Waals surface area contributed by atoms with Gasteiger partial charge in [-0.3, -0.25) is 0 Å². The van der Waals surface area contributed by atoms with Crippen LogP contribution in [-0.2, 0) is 4.74 Å². The molecule has 0 spiro atoms. The highest BCUT2D eigenvalue weighted by Crippen LogP contribution is 2.22. The van der Waals surface area contributed by atoms with Crippen LogP contribution in [0.25, 0.3) is 0 Å². The fourth-order valence-corrected chi connectivity index (χ4v) is 1.52. The molecule has 0 amide bonds. The highest BCUT2D eigenvalue weighted by molar-refractivity contribution is 4.69. The Morgan fingerprint density at radius 3 is 2.80 bits per heavy atom. The Kier molecular flexibility index (Phi) is 3.20. The Labute approximate surface area is 63.8 Å². The predicted molar refractivity (Wildman–Crippen MR) is 43.0 cm³/mol. The van der Waals surface area contributed by atoms with Crippen LogP contribution in [0.1, 0.15) is 39.5 Å². The summed E-state index contributed by atoms with van der Waals surface area (Å²) in [5.41, 5.74) is 0. The minimum atomic E-state index is 0.593. The molecule has 1 rings (SSSR count). The molecular formula is C9H18O.